The number of aliphatic carboxylic acids is 1. The molecule has 0 amide bonds. The number of carbonyl (C=O) groups is 1. The molecule has 0 unspecified atom stereocenters. The molecule has 0 spiro atoms. The summed E-state index contributed by atoms with van der Waals surface area (Å²) in [6, 6.07) is 0. The minimum Gasteiger partial charge on any atom is -0.481 e. The maximum absolute atomic E-state index is 9.96. The summed E-state index contributed by atoms with van der Waals surface area (Å²) < 4.78 is 0. The topological polar surface area (TPSA) is 77.2 Å². The maximum Gasteiger partial charge on any atom is 2.00 e. The first kappa shape index (κ1) is 9.30. The van der Waals surface area contributed by atoms with Gasteiger partial charge in [0.25, 0.3) is 0 Å². The van der Waals surface area contributed by atoms with Crippen LogP contribution in [0.4, 0.5) is 0 Å². The van der Waals surface area contributed by atoms with E-state index < -0.39 is 5.97 Å². The summed E-state index contributed by atoms with van der Waals surface area (Å²) in [5.74, 6) is -0.689. The minimum atomic E-state index is -0.942. The molecule has 1 aromatic rings. The third-order valence-corrected chi connectivity index (χ3v) is 0.741. The van der Waals surface area contributed by atoms with E-state index in [2.05, 4.69) is 15.2 Å². The zero-order chi connectivity index (χ0) is 6.69. The molecule has 0 aliphatic heterocycles. The van der Waals surface area contributed by atoms with Gasteiger partial charge < -0.3 is 15.2 Å². The van der Waals surface area contributed by atoms with Crippen LogP contribution < -0.4 is 5.10 Å². The monoisotopic (exact) mass is 310 g/mol. The minimum absolute atomic E-state index is 0. The van der Waals surface area contributed by atoms with E-state index in [1.54, 1.807) is 0 Å². The van der Waals surface area contributed by atoms with Gasteiger partial charge in [-0.2, -0.15) is 0 Å². The van der Waals surface area contributed by atoms with Crippen molar-refractivity contribution in [3.8, 4) is 0 Å². The summed E-state index contributed by atoms with van der Waals surface area (Å²) in [6.07, 6.45) is 1.07. The molecule has 0 radical (unpaired) electrons. The Morgan fingerprint density at radius 3 is 2.90 bits per heavy atom. The van der Waals surface area contributed by atoms with Crippen LogP contribution in [0.15, 0.2) is 6.33 Å². The smallest absolute Gasteiger partial charge is 0.481 e. The van der Waals surface area contributed by atoms with Crippen LogP contribution in [0, 0.1) is 0 Å². The van der Waals surface area contributed by atoms with Crippen LogP contribution in [-0.2, 0) is 32.3 Å². The average molecular weight is 310 g/mol. The normalized spacial score (nSPS) is 8.40. The summed E-state index contributed by atoms with van der Waals surface area (Å²) in [5.41, 5.74) is 0. The third-order valence-electron chi connectivity index (χ3n) is 0.741. The van der Waals surface area contributed by atoms with E-state index >= 15 is 0 Å². The number of rotatable bonds is 2. The van der Waals surface area contributed by atoms with Crippen LogP contribution in [0.25, 0.3) is 0 Å². The number of nitrogens with zero attached hydrogens (tertiary/aromatic N) is 3. The standard InChI is InChI=1S/C4H5N3O2.W/c8-4(9)1-3-5-2-6-7-3;/h2H,1H2,(H2,5,6,7,8,9);/q;+2/p-1. The Labute approximate surface area is 71.1 Å². The molecule has 0 atom stereocenters. The van der Waals surface area contributed by atoms with E-state index in [1.807, 2.05) is 0 Å². The molecule has 1 rings (SSSR count). The van der Waals surface area contributed by atoms with Gasteiger partial charge in [0.05, 0.1) is 6.42 Å². The molecular weight excluding hydrogens is 306 g/mol. The van der Waals surface area contributed by atoms with Gasteiger partial charge in [0, 0.05) is 6.33 Å². The summed E-state index contributed by atoms with van der Waals surface area (Å²) in [4.78, 5) is 13.5. The quantitative estimate of drug-likeness (QED) is 0.763. The summed E-state index contributed by atoms with van der Waals surface area (Å²) in [7, 11) is 0. The predicted molar refractivity (Wildman–Crippen MR) is 26.7 cm³/mol. The van der Waals surface area contributed by atoms with E-state index in [-0.39, 0.29) is 33.3 Å². The number of aromatic nitrogens is 3. The van der Waals surface area contributed by atoms with Crippen molar-refractivity contribution in [3.63, 3.8) is 0 Å². The maximum atomic E-state index is 9.96. The summed E-state index contributed by atoms with van der Waals surface area (Å²) in [5, 5.41) is 14.9. The summed E-state index contributed by atoms with van der Waals surface area (Å²) >= 11 is 0. The summed E-state index contributed by atoms with van der Waals surface area (Å²) in [6.45, 7) is 0. The van der Waals surface area contributed by atoms with Gasteiger partial charge in [-0.3, -0.25) is 9.89 Å². The Balaban J connectivity index is 0.000000810. The van der Waals surface area contributed by atoms with Crippen LogP contribution in [0.3, 0.4) is 0 Å². The Kier molecular flexibility index (Phi) is 3.88. The first-order valence-electron chi connectivity index (χ1n) is 2.30. The second kappa shape index (κ2) is 4.17. The molecule has 1 heterocycles. The number of carboxylic acids is 1. The van der Waals surface area contributed by atoms with Gasteiger partial charge in [0.1, 0.15) is 0 Å². The van der Waals surface area contributed by atoms with Crippen molar-refractivity contribution in [1.82, 2.24) is 15.2 Å². The van der Waals surface area contributed by atoms with E-state index in [0.29, 0.717) is 0 Å². The van der Waals surface area contributed by atoms with E-state index in [9.17, 15) is 4.79 Å². The molecule has 0 fully saturated rings. The van der Waals surface area contributed by atoms with Crippen molar-refractivity contribution in [2.45, 2.75) is 6.42 Å². The van der Waals surface area contributed by atoms with E-state index in [1.165, 1.54) is 6.33 Å². The van der Waals surface area contributed by atoms with Gasteiger partial charge >= 0.3 is 27.0 Å². The molecule has 0 saturated heterocycles. The molecule has 0 bridgehead atoms. The fourth-order valence-corrected chi connectivity index (χ4v) is 0.427. The number of carboxylic acid groups (broad SMARTS) is 1. The van der Waals surface area contributed by atoms with Crippen molar-refractivity contribution in [2.24, 2.45) is 0 Å². The van der Waals surface area contributed by atoms with E-state index in [4.69, 9.17) is 5.11 Å². The predicted octanol–water partition coefficient (Wildman–Crippen LogP) is -0.942. The Bertz CT molecular complexity index is 198. The Hall–Kier alpha value is -0.702. The van der Waals surface area contributed by atoms with Crippen molar-refractivity contribution in [3.05, 3.63) is 12.2 Å². The van der Waals surface area contributed by atoms with Gasteiger partial charge in [-0.25, -0.2) is 0 Å². The molecule has 6 heteroatoms. The largest absolute Gasteiger partial charge is 2.00 e. The van der Waals surface area contributed by atoms with E-state index in [0.717, 1.165) is 0 Å². The first-order chi connectivity index (χ1) is 4.29. The third kappa shape index (κ3) is 2.73. The fraction of sp³-hybridized carbons (Fsp3) is 0.250. The van der Waals surface area contributed by atoms with Gasteiger partial charge in [-0.15, -0.1) is 0 Å². The van der Waals surface area contributed by atoms with Crippen LogP contribution in [0.5, 0.6) is 0 Å². The van der Waals surface area contributed by atoms with Gasteiger partial charge in [-0.1, -0.05) is 5.82 Å². The molecule has 1 aromatic heterocycles. The molecule has 0 aromatic carbocycles. The number of hydrogen-bond acceptors (Lipinski definition) is 3. The molecular formula is C4H4N3O2W+. The van der Waals surface area contributed by atoms with Gasteiger partial charge in [0.2, 0.25) is 0 Å². The first-order valence-corrected chi connectivity index (χ1v) is 2.30. The van der Waals surface area contributed by atoms with Crippen LogP contribution in [-0.4, -0.2) is 21.2 Å². The molecule has 52 valence electrons. The van der Waals surface area contributed by atoms with Gasteiger partial charge in [-0.05, 0) is 0 Å². The Morgan fingerprint density at radius 2 is 2.50 bits per heavy atom. The zero-order valence-electron chi connectivity index (χ0n) is 4.89. The molecule has 1 N–H and O–H groups in total. The fourth-order valence-electron chi connectivity index (χ4n) is 0.427. The van der Waals surface area contributed by atoms with Crippen LogP contribution in [0.2, 0.25) is 0 Å². The molecule has 0 aliphatic carbocycles. The van der Waals surface area contributed by atoms with Crippen LogP contribution >= 0.6 is 0 Å². The van der Waals surface area contributed by atoms with Crippen molar-refractivity contribution in [2.75, 3.05) is 0 Å². The number of hydrogen-bond donors (Lipinski definition) is 1. The molecule has 10 heavy (non-hydrogen) atoms. The zero-order valence-corrected chi connectivity index (χ0v) is 7.82. The second-order valence-electron chi connectivity index (χ2n) is 1.45. The Morgan fingerprint density at radius 1 is 1.80 bits per heavy atom. The van der Waals surface area contributed by atoms with Crippen molar-refractivity contribution in [1.29, 1.82) is 0 Å². The second-order valence-corrected chi connectivity index (χ2v) is 1.45. The van der Waals surface area contributed by atoms with Crippen molar-refractivity contribution >= 4 is 5.97 Å². The molecule has 0 saturated carbocycles. The molecule has 0 aliphatic rings. The van der Waals surface area contributed by atoms with Crippen molar-refractivity contribution < 1.29 is 31.0 Å². The molecule has 5 nitrogen and oxygen atoms in total. The van der Waals surface area contributed by atoms with Crippen LogP contribution in [0.1, 0.15) is 5.82 Å². The SMILES string of the molecule is O=C(O)Cc1ncn[n-]1.[W+2]. The van der Waals surface area contributed by atoms with Gasteiger partial charge in [0.15, 0.2) is 0 Å². The average Bonchev–Trinajstić information content (AvgIpc) is 2.15.